The van der Waals surface area contributed by atoms with Crippen molar-refractivity contribution in [2.24, 2.45) is 0 Å². The van der Waals surface area contributed by atoms with Crippen molar-refractivity contribution in [2.45, 2.75) is 25.7 Å². The normalized spacial score (nSPS) is 11.1. The highest BCUT2D eigenvalue weighted by molar-refractivity contribution is 7.92. The van der Waals surface area contributed by atoms with Gasteiger partial charge in [-0.3, -0.25) is 4.72 Å². The van der Waals surface area contributed by atoms with Gasteiger partial charge < -0.3 is 9.47 Å². The molecule has 0 aromatic heterocycles. The fourth-order valence-electron chi connectivity index (χ4n) is 2.05. The lowest BCUT2D eigenvalue weighted by Crippen LogP contribution is -2.14. The van der Waals surface area contributed by atoms with E-state index in [0.29, 0.717) is 30.4 Å². The molecule has 2 aromatic carbocycles. The van der Waals surface area contributed by atoms with Crippen LogP contribution in [0.5, 0.6) is 11.5 Å². The molecule has 0 fully saturated rings. The van der Waals surface area contributed by atoms with Crippen LogP contribution in [0.25, 0.3) is 0 Å². The first-order chi connectivity index (χ1) is 11.0. The fourth-order valence-corrected chi connectivity index (χ4v) is 3.11. The van der Waals surface area contributed by atoms with Crippen LogP contribution < -0.4 is 14.2 Å². The Morgan fingerprint density at radius 3 is 2.22 bits per heavy atom. The lowest BCUT2D eigenvalue weighted by atomic mass is 10.2. The van der Waals surface area contributed by atoms with Crippen molar-refractivity contribution in [3.05, 3.63) is 48.0 Å². The summed E-state index contributed by atoms with van der Waals surface area (Å²) in [6.45, 7) is 6.55. The SMILES string of the molecule is CCOc1ccc(OCC)c(NS(=O)(=O)c2ccc(C)cc2)c1. The molecule has 1 N–H and O–H groups in total. The molecule has 6 heteroatoms. The van der Waals surface area contributed by atoms with Gasteiger partial charge in [-0.1, -0.05) is 17.7 Å². The number of hydrogen-bond acceptors (Lipinski definition) is 4. The van der Waals surface area contributed by atoms with Crippen molar-refractivity contribution in [3.63, 3.8) is 0 Å². The van der Waals surface area contributed by atoms with Gasteiger partial charge in [0, 0.05) is 6.07 Å². The molecule has 0 saturated heterocycles. The van der Waals surface area contributed by atoms with Gasteiger partial charge >= 0.3 is 0 Å². The molecule has 23 heavy (non-hydrogen) atoms. The van der Waals surface area contributed by atoms with Crippen molar-refractivity contribution in [2.75, 3.05) is 17.9 Å². The smallest absolute Gasteiger partial charge is 0.262 e. The third-order valence-electron chi connectivity index (χ3n) is 3.14. The second-order valence-corrected chi connectivity index (χ2v) is 6.62. The maximum atomic E-state index is 12.5. The molecule has 0 aliphatic carbocycles. The quantitative estimate of drug-likeness (QED) is 0.840. The second-order valence-electron chi connectivity index (χ2n) is 4.94. The number of rotatable bonds is 7. The van der Waals surface area contributed by atoms with Crippen LogP contribution in [0.1, 0.15) is 19.4 Å². The van der Waals surface area contributed by atoms with Crippen molar-refractivity contribution in [1.29, 1.82) is 0 Å². The standard InChI is InChI=1S/C17H21NO4S/c1-4-21-14-8-11-17(22-5-2)16(12-14)18-23(19,20)15-9-6-13(3)7-10-15/h6-12,18H,4-5H2,1-3H3. The van der Waals surface area contributed by atoms with Gasteiger partial charge in [0.15, 0.2) is 0 Å². The van der Waals surface area contributed by atoms with Gasteiger partial charge in [-0.05, 0) is 45.0 Å². The van der Waals surface area contributed by atoms with Crippen LogP contribution in [0.15, 0.2) is 47.4 Å². The lowest BCUT2D eigenvalue weighted by Gasteiger charge is -2.14. The first-order valence-corrected chi connectivity index (χ1v) is 8.93. The van der Waals surface area contributed by atoms with Crippen molar-refractivity contribution in [1.82, 2.24) is 0 Å². The van der Waals surface area contributed by atoms with E-state index < -0.39 is 10.0 Å². The van der Waals surface area contributed by atoms with Gasteiger partial charge in [0.05, 0.1) is 23.8 Å². The van der Waals surface area contributed by atoms with E-state index >= 15 is 0 Å². The lowest BCUT2D eigenvalue weighted by molar-refractivity contribution is 0.332. The molecule has 0 heterocycles. The Morgan fingerprint density at radius 2 is 1.61 bits per heavy atom. The summed E-state index contributed by atoms with van der Waals surface area (Å²) in [7, 11) is -3.69. The summed E-state index contributed by atoms with van der Waals surface area (Å²) in [5.41, 5.74) is 1.36. The van der Waals surface area contributed by atoms with E-state index in [0.717, 1.165) is 5.56 Å². The van der Waals surface area contributed by atoms with Gasteiger partial charge in [-0.2, -0.15) is 0 Å². The summed E-state index contributed by atoms with van der Waals surface area (Å²) in [6, 6.07) is 11.7. The van der Waals surface area contributed by atoms with Gasteiger partial charge in [-0.25, -0.2) is 8.42 Å². The molecule has 0 aliphatic rings. The number of nitrogens with one attached hydrogen (secondary N) is 1. The number of ether oxygens (including phenoxy) is 2. The molecule has 5 nitrogen and oxygen atoms in total. The molecular formula is C17H21NO4S. The predicted octanol–water partition coefficient (Wildman–Crippen LogP) is 3.59. The Kier molecular flexibility index (Phi) is 5.50. The zero-order valence-electron chi connectivity index (χ0n) is 13.5. The summed E-state index contributed by atoms with van der Waals surface area (Å²) in [5, 5.41) is 0. The Morgan fingerprint density at radius 1 is 0.957 bits per heavy atom. The number of hydrogen-bond donors (Lipinski definition) is 1. The molecule has 0 unspecified atom stereocenters. The van der Waals surface area contributed by atoms with Crippen LogP contribution in [-0.4, -0.2) is 21.6 Å². The maximum Gasteiger partial charge on any atom is 0.262 e. The number of aryl methyl sites for hydroxylation is 1. The van der Waals surface area contributed by atoms with Crippen LogP contribution in [0.3, 0.4) is 0 Å². The van der Waals surface area contributed by atoms with Gasteiger partial charge in [0.2, 0.25) is 0 Å². The Balaban J connectivity index is 2.36. The Bertz CT molecular complexity index is 755. The van der Waals surface area contributed by atoms with E-state index in [1.807, 2.05) is 20.8 Å². The Hall–Kier alpha value is -2.21. The summed E-state index contributed by atoms with van der Waals surface area (Å²) >= 11 is 0. The minimum atomic E-state index is -3.69. The van der Waals surface area contributed by atoms with Crippen LogP contribution in [-0.2, 0) is 10.0 Å². The number of sulfonamides is 1. The minimum Gasteiger partial charge on any atom is -0.494 e. The zero-order valence-corrected chi connectivity index (χ0v) is 14.3. The number of benzene rings is 2. The van der Waals surface area contributed by atoms with E-state index in [2.05, 4.69) is 4.72 Å². The molecule has 0 spiro atoms. The first kappa shape index (κ1) is 17.1. The fraction of sp³-hybridized carbons (Fsp3) is 0.294. The van der Waals surface area contributed by atoms with Crippen LogP contribution in [0.2, 0.25) is 0 Å². The molecule has 0 saturated carbocycles. The summed E-state index contributed by atoms with van der Waals surface area (Å²) in [5.74, 6) is 1.05. The van der Waals surface area contributed by atoms with E-state index in [1.54, 1.807) is 42.5 Å². The maximum absolute atomic E-state index is 12.5. The molecule has 0 aliphatic heterocycles. The molecule has 0 atom stereocenters. The molecule has 0 amide bonds. The Labute approximate surface area is 137 Å². The third kappa shape index (κ3) is 4.39. The van der Waals surface area contributed by atoms with E-state index in [1.165, 1.54) is 0 Å². The topological polar surface area (TPSA) is 64.6 Å². The average Bonchev–Trinajstić information content (AvgIpc) is 2.50. The van der Waals surface area contributed by atoms with Crippen molar-refractivity contribution < 1.29 is 17.9 Å². The van der Waals surface area contributed by atoms with Crippen LogP contribution in [0, 0.1) is 6.92 Å². The van der Waals surface area contributed by atoms with E-state index in [4.69, 9.17) is 9.47 Å². The second kappa shape index (κ2) is 7.37. The van der Waals surface area contributed by atoms with E-state index in [9.17, 15) is 8.42 Å². The highest BCUT2D eigenvalue weighted by atomic mass is 32.2. The molecule has 0 radical (unpaired) electrons. The molecular weight excluding hydrogens is 314 g/mol. The minimum absolute atomic E-state index is 0.201. The van der Waals surface area contributed by atoms with Crippen molar-refractivity contribution in [3.8, 4) is 11.5 Å². The van der Waals surface area contributed by atoms with Crippen LogP contribution >= 0.6 is 0 Å². The van der Waals surface area contributed by atoms with Gasteiger partial charge in [-0.15, -0.1) is 0 Å². The summed E-state index contributed by atoms with van der Waals surface area (Å²) in [6.07, 6.45) is 0. The predicted molar refractivity (Wildman–Crippen MR) is 90.8 cm³/mol. The van der Waals surface area contributed by atoms with E-state index in [-0.39, 0.29) is 4.90 Å². The number of anilines is 1. The zero-order chi connectivity index (χ0) is 16.9. The molecule has 2 aromatic rings. The molecule has 0 bridgehead atoms. The van der Waals surface area contributed by atoms with Gasteiger partial charge in [0.25, 0.3) is 10.0 Å². The molecule has 124 valence electrons. The van der Waals surface area contributed by atoms with Gasteiger partial charge in [0.1, 0.15) is 11.5 Å². The van der Waals surface area contributed by atoms with Crippen LogP contribution in [0.4, 0.5) is 5.69 Å². The largest absolute Gasteiger partial charge is 0.494 e. The summed E-state index contributed by atoms with van der Waals surface area (Å²) < 4.78 is 38.5. The highest BCUT2D eigenvalue weighted by Gasteiger charge is 2.17. The monoisotopic (exact) mass is 335 g/mol. The van der Waals surface area contributed by atoms with Crippen molar-refractivity contribution >= 4 is 15.7 Å². The first-order valence-electron chi connectivity index (χ1n) is 7.45. The third-order valence-corrected chi connectivity index (χ3v) is 4.52. The highest BCUT2D eigenvalue weighted by Crippen LogP contribution is 2.31. The molecule has 2 rings (SSSR count). The summed E-state index contributed by atoms with van der Waals surface area (Å²) in [4.78, 5) is 0.201. The average molecular weight is 335 g/mol.